The zero-order chi connectivity index (χ0) is 17.1. The third-order valence-electron chi connectivity index (χ3n) is 5.00. The summed E-state index contributed by atoms with van der Waals surface area (Å²) in [5, 5.41) is 6.03. The van der Waals surface area contributed by atoms with Gasteiger partial charge >= 0.3 is 0 Å². The fourth-order valence-corrected chi connectivity index (χ4v) is 3.89. The van der Waals surface area contributed by atoms with Gasteiger partial charge in [0.25, 0.3) is 0 Å². The molecule has 1 fully saturated rings. The summed E-state index contributed by atoms with van der Waals surface area (Å²) >= 11 is 3.52. The van der Waals surface area contributed by atoms with Crippen LogP contribution in [-0.4, -0.2) is 19.2 Å². The third-order valence-corrected chi connectivity index (χ3v) is 5.53. The molecule has 0 unspecified atom stereocenters. The Hall–Kier alpha value is -1.68. The average Bonchev–Trinajstić information content (AvgIpc) is 2.67. The van der Waals surface area contributed by atoms with Crippen molar-refractivity contribution in [2.45, 2.75) is 25.0 Å². The topological polar surface area (TPSA) is 21.3 Å². The van der Waals surface area contributed by atoms with E-state index in [1.165, 1.54) is 21.9 Å². The molecule has 1 saturated heterocycles. The van der Waals surface area contributed by atoms with E-state index in [4.69, 9.17) is 4.74 Å². The van der Waals surface area contributed by atoms with Crippen molar-refractivity contribution in [3.05, 3.63) is 82.3 Å². The normalized spacial score (nSPS) is 20.7. The summed E-state index contributed by atoms with van der Waals surface area (Å²) in [6.07, 6.45) is 1.32. The van der Waals surface area contributed by atoms with Gasteiger partial charge in [0.05, 0.1) is 12.7 Å². The van der Waals surface area contributed by atoms with Crippen LogP contribution in [0.3, 0.4) is 0 Å². The van der Waals surface area contributed by atoms with Gasteiger partial charge in [-0.2, -0.15) is 0 Å². The SMILES string of the molecule is Brc1ccc([C@@H]2CCNC[C@H]2OCc2ccc3ccccc3c2)cc1. The van der Waals surface area contributed by atoms with E-state index in [0.717, 1.165) is 24.0 Å². The molecule has 2 nitrogen and oxygen atoms in total. The minimum Gasteiger partial charge on any atom is -0.372 e. The van der Waals surface area contributed by atoms with E-state index in [9.17, 15) is 0 Å². The maximum absolute atomic E-state index is 6.34. The second-order valence-electron chi connectivity index (χ2n) is 6.68. The molecule has 1 aliphatic rings. The molecule has 4 rings (SSSR count). The van der Waals surface area contributed by atoms with Crippen LogP contribution in [0.5, 0.6) is 0 Å². The van der Waals surface area contributed by atoms with Gasteiger partial charge in [0.2, 0.25) is 0 Å². The number of nitrogens with one attached hydrogen (secondary N) is 1. The predicted octanol–water partition coefficient (Wildman–Crippen LogP) is 5.26. The van der Waals surface area contributed by atoms with E-state index in [1.807, 2.05) is 0 Å². The Morgan fingerprint density at radius 2 is 1.76 bits per heavy atom. The second kappa shape index (κ2) is 7.69. The quantitative estimate of drug-likeness (QED) is 0.649. The molecule has 2 atom stereocenters. The molecular weight excluding hydrogens is 374 g/mol. The summed E-state index contributed by atoms with van der Waals surface area (Å²) in [7, 11) is 0. The molecule has 0 radical (unpaired) electrons. The van der Waals surface area contributed by atoms with Crippen molar-refractivity contribution < 1.29 is 4.74 Å². The largest absolute Gasteiger partial charge is 0.372 e. The van der Waals surface area contributed by atoms with Crippen molar-refractivity contribution >= 4 is 26.7 Å². The van der Waals surface area contributed by atoms with Gasteiger partial charge in [-0.3, -0.25) is 0 Å². The molecule has 128 valence electrons. The first kappa shape index (κ1) is 16.8. The number of ether oxygens (including phenoxy) is 1. The van der Waals surface area contributed by atoms with Gasteiger partial charge in [-0.1, -0.05) is 64.5 Å². The van der Waals surface area contributed by atoms with Crippen molar-refractivity contribution in [2.75, 3.05) is 13.1 Å². The Morgan fingerprint density at radius 1 is 0.960 bits per heavy atom. The lowest BCUT2D eigenvalue weighted by molar-refractivity contribution is 0.0106. The molecule has 3 heteroatoms. The number of hydrogen-bond donors (Lipinski definition) is 1. The Balaban J connectivity index is 1.48. The standard InChI is InChI=1S/C22H22BrNO/c23-20-9-7-18(8-10-20)21-11-12-24-14-22(21)25-15-16-5-6-17-3-1-2-4-19(17)13-16/h1-10,13,21-22,24H,11-12,14-15H2/t21-,22+/m0/s1. The molecule has 0 aliphatic carbocycles. The van der Waals surface area contributed by atoms with Crippen LogP contribution >= 0.6 is 15.9 Å². The molecule has 1 aliphatic heterocycles. The Kier molecular flexibility index (Phi) is 5.16. The van der Waals surface area contributed by atoms with Crippen molar-refractivity contribution in [3.63, 3.8) is 0 Å². The van der Waals surface area contributed by atoms with Crippen LogP contribution in [0.1, 0.15) is 23.5 Å². The van der Waals surface area contributed by atoms with Gasteiger partial charge in [-0.25, -0.2) is 0 Å². The van der Waals surface area contributed by atoms with E-state index < -0.39 is 0 Å². The van der Waals surface area contributed by atoms with Gasteiger partial charge < -0.3 is 10.1 Å². The fraction of sp³-hybridized carbons (Fsp3) is 0.273. The van der Waals surface area contributed by atoms with Crippen LogP contribution in [0.25, 0.3) is 10.8 Å². The van der Waals surface area contributed by atoms with E-state index >= 15 is 0 Å². The highest BCUT2D eigenvalue weighted by molar-refractivity contribution is 9.10. The first-order valence-electron chi connectivity index (χ1n) is 8.85. The lowest BCUT2D eigenvalue weighted by Gasteiger charge is -2.32. The first-order chi connectivity index (χ1) is 12.3. The summed E-state index contributed by atoms with van der Waals surface area (Å²) in [5.74, 6) is 0.454. The van der Waals surface area contributed by atoms with Gasteiger partial charge in [-0.15, -0.1) is 0 Å². The van der Waals surface area contributed by atoms with E-state index in [2.05, 4.69) is 88.0 Å². The van der Waals surface area contributed by atoms with E-state index in [0.29, 0.717) is 12.5 Å². The minimum atomic E-state index is 0.210. The molecule has 0 aromatic heterocycles. The Bertz CT molecular complexity index is 846. The summed E-state index contributed by atoms with van der Waals surface area (Å²) in [5.41, 5.74) is 2.60. The summed E-state index contributed by atoms with van der Waals surface area (Å²) in [4.78, 5) is 0. The Labute approximate surface area is 157 Å². The van der Waals surface area contributed by atoms with Crippen molar-refractivity contribution in [2.24, 2.45) is 0 Å². The van der Waals surface area contributed by atoms with Crippen molar-refractivity contribution in [3.8, 4) is 0 Å². The molecule has 0 bridgehead atoms. The summed E-state index contributed by atoms with van der Waals surface area (Å²) in [6, 6.07) is 23.7. The highest BCUT2D eigenvalue weighted by atomic mass is 79.9. The Morgan fingerprint density at radius 3 is 2.60 bits per heavy atom. The van der Waals surface area contributed by atoms with Gasteiger partial charge in [0, 0.05) is 16.9 Å². The molecule has 0 amide bonds. The number of benzene rings is 3. The average molecular weight is 396 g/mol. The number of piperidine rings is 1. The maximum atomic E-state index is 6.34. The van der Waals surface area contributed by atoms with Crippen LogP contribution in [-0.2, 0) is 11.3 Å². The molecule has 25 heavy (non-hydrogen) atoms. The highest BCUT2D eigenvalue weighted by Gasteiger charge is 2.27. The zero-order valence-corrected chi connectivity index (χ0v) is 15.7. The van der Waals surface area contributed by atoms with Crippen LogP contribution in [0.15, 0.2) is 71.2 Å². The first-order valence-corrected chi connectivity index (χ1v) is 9.64. The molecule has 3 aromatic carbocycles. The summed E-state index contributed by atoms with van der Waals surface area (Å²) < 4.78 is 7.46. The lowest BCUT2D eigenvalue weighted by Crippen LogP contribution is -2.40. The van der Waals surface area contributed by atoms with Crippen LogP contribution < -0.4 is 5.32 Å². The summed E-state index contributed by atoms with van der Waals surface area (Å²) in [6.45, 7) is 2.62. The molecule has 3 aromatic rings. The molecule has 1 heterocycles. The monoisotopic (exact) mass is 395 g/mol. The minimum absolute atomic E-state index is 0.210. The van der Waals surface area contributed by atoms with E-state index in [1.54, 1.807) is 0 Å². The van der Waals surface area contributed by atoms with Gasteiger partial charge in [0.1, 0.15) is 0 Å². The van der Waals surface area contributed by atoms with E-state index in [-0.39, 0.29) is 6.10 Å². The van der Waals surface area contributed by atoms with Gasteiger partial charge in [0.15, 0.2) is 0 Å². The number of halogens is 1. The van der Waals surface area contributed by atoms with Crippen molar-refractivity contribution in [1.29, 1.82) is 0 Å². The molecular formula is C22H22BrNO. The number of fused-ring (bicyclic) bond motifs is 1. The molecule has 0 spiro atoms. The zero-order valence-electron chi connectivity index (χ0n) is 14.1. The molecule has 0 saturated carbocycles. The highest BCUT2D eigenvalue weighted by Crippen LogP contribution is 2.29. The maximum Gasteiger partial charge on any atom is 0.0772 e. The third kappa shape index (κ3) is 3.95. The molecule has 1 N–H and O–H groups in total. The smallest absolute Gasteiger partial charge is 0.0772 e. The predicted molar refractivity (Wildman–Crippen MR) is 107 cm³/mol. The lowest BCUT2D eigenvalue weighted by atomic mass is 9.88. The van der Waals surface area contributed by atoms with Crippen LogP contribution in [0.4, 0.5) is 0 Å². The fourth-order valence-electron chi connectivity index (χ4n) is 3.63. The number of hydrogen-bond acceptors (Lipinski definition) is 2. The van der Waals surface area contributed by atoms with Crippen LogP contribution in [0, 0.1) is 0 Å². The van der Waals surface area contributed by atoms with Crippen LogP contribution in [0.2, 0.25) is 0 Å². The number of rotatable bonds is 4. The van der Waals surface area contributed by atoms with Gasteiger partial charge in [-0.05, 0) is 53.1 Å². The van der Waals surface area contributed by atoms with Crippen molar-refractivity contribution in [1.82, 2.24) is 5.32 Å². The second-order valence-corrected chi connectivity index (χ2v) is 7.60.